The van der Waals surface area contributed by atoms with Crippen LogP contribution in [0.25, 0.3) is 5.69 Å². The van der Waals surface area contributed by atoms with Gasteiger partial charge in [-0.3, -0.25) is 9.59 Å². The van der Waals surface area contributed by atoms with E-state index in [0.717, 1.165) is 31.5 Å². The molecule has 6 nitrogen and oxygen atoms in total. The van der Waals surface area contributed by atoms with Gasteiger partial charge < -0.3 is 10.2 Å². The van der Waals surface area contributed by atoms with Crippen molar-refractivity contribution in [1.29, 1.82) is 0 Å². The topological polar surface area (TPSA) is 67.2 Å². The lowest BCUT2D eigenvalue weighted by atomic mass is 9.97. The van der Waals surface area contributed by atoms with Crippen molar-refractivity contribution in [2.75, 3.05) is 23.3 Å². The molecule has 1 aliphatic heterocycles. The van der Waals surface area contributed by atoms with Crippen molar-refractivity contribution in [3.05, 3.63) is 82.4 Å². The molecular formula is C24H25FN4O2. The average Bonchev–Trinajstić information content (AvgIpc) is 2.80. The van der Waals surface area contributed by atoms with Gasteiger partial charge in [-0.1, -0.05) is 19.1 Å². The second kappa shape index (κ2) is 9.12. The van der Waals surface area contributed by atoms with Crippen LogP contribution in [0, 0.1) is 11.7 Å². The quantitative estimate of drug-likeness (QED) is 0.682. The summed E-state index contributed by atoms with van der Waals surface area (Å²) in [5.41, 5.74) is 2.22. The Labute approximate surface area is 180 Å². The fraction of sp³-hybridized carbons (Fsp3) is 0.292. The van der Waals surface area contributed by atoms with Crippen LogP contribution in [0.3, 0.4) is 0 Å². The third-order valence-corrected chi connectivity index (χ3v) is 5.60. The highest BCUT2D eigenvalue weighted by atomic mass is 19.1. The summed E-state index contributed by atoms with van der Waals surface area (Å²) in [4.78, 5) is 27.1. The van der Waals surface area contributed by atoms with Crippen LogP contribution in [0.4, 0.5) is 15.9 Å². The Hall–Kier alpha value is -3.48. The van der Waals surface area contributed by atoms with Gasteiger partial charge in [0.05, 0.1) is 11.6 Å². The molecule has 1 aliphatic rings. The van der Waals surface area contributed by atoms with Gasteiger partial charge in [-0.05, 0) is 67.3 Å². The SMILES string of the molecule is CCc1ccc(NC(=O)[C@H]2CCCN(c3ccc(=O)n(-c4ccc(F)cc4)n3)C2)cc1. The number of carbonyl (C=O) groups excluding carboxylic acids is 1. The van der Waals surface area contributed by atoms with Gasteiger partial charge in [-0.2, -0.15) is 4.68 Å². The van der Waals surface area contributed by atoms with Gasteiger partial charge in [0.1, 0.15) is 11.6 Å². The summed E-state index contributed by atoms with van der Waals surface area (Å²) in [5.74, 6) is 0.0595. The number of piperidine rings is 1. The van der Waals surface area contributed by atoms with E-state index in [9.17, 15) is 14.0 Å². The number of nitrogens with zero attached hydrogens (tertiary/aromatic N) is 3. The molecule has 1 atom stereocenters. The summed E-state index contributed by atoms with van der Waals surface area (Å²) in [6.45, 7) is 3.37. The van der Waals surface area contributed by atoms with Crippen LogP contribution in [-0.2, 0) is 11.2 Å². The number of anilines is 2. The molecule has 160 valence electrons. The lowest BCUT2D eigenvalue weighted by Crippen LogP contribution is -2.41. The van der Waals surface area contributed by atoms with Crippen molar-refractivity contribution in [3.63, 3.8) is 0 Å². The van der Waals surface area contributed by atoms with E-state index >= 15 is 0 Å². The lowest BCUT2D eigenvalue weighted by molar-refractivity contribution is -0.120. The number of hydrogen-bond donors (Lipinski definition) is 1. The normalized spacial score (nSPS) is 16.2. The highest BCUT2D eigenvalue weighted by Gasteiger charge is 2.27. The van der Waals surface area contributed by atoms with E-state index in [4.69, 9.17) is 0 Å². The molecule has 1 fully saturated rings. The highest BCUT2D eigenvalue weighted by molar-refractivity contribution is 5.93. The third kappa shape index (κ3) is 4.82. The van der Waals surface area contributed by atoms with Crippen molar-refractivity contribution >= 4 is 17.4 Å². The minimum Gasteiger partial charge on any atom is -0.354 e. The molecule has 0 aliphatic carbocycles. The zero-order valence-electron chi connectivity index (χ0n) is 17.4. The molecule has 0 bridgehead atoms. The number of aromatic nitrogens is 2. The molecule has 0 radical (unpaired) electrons. The minimum atomic E-state index is -0.373. The summed E-state index contributed by atoms with van der Waals surface area (Å²) in [6, 6.07) is 16.6. The van der Waals surface area contributed by atoms with Crippen LogP contribution < -0.4 is 15.8 Å². The predicted molar refractivity (Wildman–Crippen MR) is 119 cm³/mol. The van der Waals surface area contributed by atoms with E-state index in [-0.39, 0.29) is 23.2 Å². The molecule has 1 N–H and O–H groups in total. The summed E-state index contributed by atoms with van der Waals surface area (Å²) in [6.07, 6.45) is 2.61. The second-order valence-electron chi connectivity index (χ2n) is 7.74. The van der Waals surface area contributed by atoms with Gasteiger partial charge >= 0.3 is 0 Å². The Bertz CT molecular complexity index is 1110. The summed E-state index contributed by atoms with van der Waals surface area (Å²) < 4.78 is 14.5. The number of nitrogens with one attached hydrogen (secondary N) is 1. The maximum absolute atomic E-state index is 13.2. The van der Waals surface area contributed by atoms with Gasteiger partial charge in [-0.15, -0.1) is 5.10 Å². The molecule has 1 saturated heterocycles. The summed E-state index contributed by atoms with van der Waals surface area (Å²) in [7, 11) is 0. The number of benzene rings is 2. The van der Waals surface area contributed by atoms with Crippen LogP contribution in [-0.4, -0.2) is 28.8 Å². The monoisotopic (exact) mass is 420 g/mol. The number of hydrogen-bond acceptors (Lipinski definition) is 4. The van der Waals surface area contributed by atoms with Crippen LogP contribution >= 0.6 is 0 Å². The first kappa shape index (κ1) is 20.8. The molecule has 0 spiro atoms. The van der Waals surface area contributed by atoms with E-state index in [1.54, 1.807) is 6.07 Å². The average molecular weight is 420 g/mol. The largest absolute Gasteiger partial charge is 0.354 e. The van der Waals surface area contributed by atoms with Crippen molar-refractivity contribution < 1.29 is 9.18 Å². The van der Waals surface area contributed by atoms with Gasteiger partial charge in [0.25, 0.3) is 5.56 Å². The fourth-order valence-electron chi connectivity index (χ4n) is 3.80. The molecule has 3 aromatic rings. The Balaban J connectivity index is 1.49. The molecule has 1 aromatic heterocycles. The van der Waals surface area contributed by atoms with Crippen LogP contribution in [0.5, 0.6) is 0 Å². The zero-order valence-corrected chi connectivity index (χ0v) is 17.4. The van der Waals surface area contributed by atoms with Gasteiger partial charge in [-0.25, -0.2) is 4.39 Å². The number of carbonyl (C=O) groups is 1. The summed E-state index contributed by atoms with van der Waals surface area (Å²) in [5, 5.41) is 7.48. The molecule has 0 unspecified atom stereocenters. The number of rotatable bonds is 5. The fourth-order valence-corrected chi connectivity index (χ4v) is 3.80. The van der Waals surface area contributed by atoms with E-state index < -0.39 is 0 Å². The smallest absolute Gasteiger partial charge is 0.271 e. The van der Waals surface area contributed by atoms with E-state index in [1.165, 1.54) is 40.6 Å². The molecule has 2 aromatic carbocycles. The Morgan fingerprint density at radius 2 is 1.84 bits per heavy atom. The van der Waals surface area contributed by atoms with Gasteiger partial charge in [0.15, 0.2) is 0 Å². The molecule has 0 saturated carbocycles. The number of aryl methyl sites for hydroxylation is 1. The molecule has 7 heteroatoms. The van der Waals surface area contributed by atoms with Gasteiger partial charge in [0.2, 0.25) is 5.91 Å². The predicted octanol–water partition coefficient (Wildman–Crippen LogP) is 3.79. The van der Waals surface area contributed by atoms with Crippen molar-refractivity contribution in [1.82, 2.24) is 9.78 Å². The molecule has 1 amide bonds. The second-order valence-corrected chi connectivity index (χ2v) is 7.74. The standard InChI is InChI=1S/C24H25FN4O2/c1-2-17-5-9-20(10-6-17)26-24(31)18-4-3-15-28(16-18)22-13-14-23(30)29(27-22)21-11-7-19(25)8-12-21/h5-14,18H,2-4,15-16H2,1H3,(H,26,31)/t18-/m0/s1. The minimum absolute atomic E-state index is 0.0131. The first-order valence-electron chi connectivity index (χ1n) is 10.5. The van der Waals surface area contributed by atoms with Crippen molar-refractivity contribution in [2.45, 2.75) is 26.2 Å². The first-order chi connectivity index (χ1) is 15.0. The first-order valence-corrected chi connectivity index (χ1v) is 10.5. The maximum Gasteiger partial charge on any atom is 0.271 e. The Morgan fingerprint density at radius 3 is 2.55 bits per heavy atom. The Morgan fingerprint density at radius 1 is 1.10 bits per heavy atom. The highest BCUT2D eigenvalue weighted by Crippen LogP contribution is 2.23. The van der Waals surface area contributed by atoms with E-state index in [1.807, 2.05) is 29.2 Å². The Kier molecular flexibility index (Phi) is 6.11. The van der Waals surface area contributed by atoms with Crippen molar-refractivity contribution in [2.24, 2.45) is 5.92 Å². The third-order valence-electron chi connectivity index (χ3n) is 5.60. The zero-order chi connectivity index (χ0) is 21.8. The summed E-state index contributed by atoms with van der Waals surface area (Å²) >= 11 is 0. The van der Waals surface area contributed by atoms with Crippen LogP contribution in [0.1, 0.15) is 25.3 Å². The maximum atomic E-state index is 13.2. The van der Waals surface area contributed by atoms with Crippen LogP contribution in [0.15, 0.2) is 65.5 Å². The number of amides is 1. The molecule has 2 heterocycles. The molecule has 4 rings (SSSR count). The number of halogens is 1. The molecular weight excluding hydrogens is 395 g/mol. The van der Waals surface area contributed by atoms with E-state index in [2.05, 4.69) is 17.3 Å². The molecule has 31 heavy (non-hydrogen) atoms. The van der Waals surface area contributed by atoms with Crippen molar-refractivity contribution in [3.8, 4) is 5.69 Å². The van der Waals surface area contributed by atoms with Gasteiger partial charge in [0, 0.05) is 24.8 Å². The van der Waals surface area contributed by atoms with E-state index in [0.29, 0.717) is 18.1 Å². The lowest BCUT2D eigenvalue weighted by Gasteiger charge is -2.33. The van der Waals surface area contributed by atoms with Crippen LogP contribution in [0.2, 0.25) is 0 Å².